The fourth-order valence-corrected chi connectivity index (χ4v) is 3.60. The number of hydrogen-bond donors (Lipinski definition) is 0. The molecule has 7 heteroatoms. The van der Waals surface area contributed by atoms with Gasteiger partial charge in [0.1, 0.15) is 0 Å². The maximum Gasteiger partial charge on any atom is 0.343 e. The summed E-state index contributed by atoms with van der Waals surface area (Å²) in [6, 6.07) is 17.2. The number of ether oxygens (including phenoxy) is 2. The maximum atomic E-state index is 14.7. The van der Waals surface area contributed by atoms with E-state index >= 15 is 0 Å². The molecule has 4 aromatic carbocycles. The van der Waals surface area contributed by atoms with Gasteiger partial charge in [-0.05, 0) is 60.0 Å². The minimum atomic E-state index is -1.31. The maximum absolute atomic E-state index is 14.7. The van der Waals surface area contributed by atoms with E-state index in [1.54, 1.807) is 37.3 Å². The van der Waals surface area contributed by atoms with Gasteiger partial charge in [0, 0.05) is 11.1 Å². The van der Waals surface area contributed by atoms with E-state index in [1.807, 2.05) is 0 Å². The van der Waals surface area contributed by atoms with E-state index in [1.165, 1.54) is 48.5 Å². The summed E-state index contributed by atoms with van der Waals surface area (Å²) in [6.45, 7) is 5.48. The van der Waals surface area contributed by atoms with E-state index in [0.717, 1.165) is 5.56 Å². The molecule has 0 aliphatic rings. The molecule has 3 nitrogen and oxygen atoms in total. The fourth-order valence-electron chi connectivity index (χ4n) is 3.60. The van der Waals surface area contributed by atoms with Crippen LogP contribution in [0.1, 0.15) is 22.8 Å². The highest BCUT2D eigenvalue weighted by Gasteiger charge is 2.20. The van der Waals surface area contributed by atoms with Crippen molar-refractivity contribution in [3.05, 3.63) is 114 Å². The van der Waals surface area contributed by atoms with Crippen LogP contribution in [0.4, 0.5) is 17.6 Å². The van der Waals surface area contributed by atoms with Crippen molar-refractivity contribution >= 4 is 12.0 Å². The van der Waals surface area contributed by atoms with Gasteiger partial charge >= 0.3 is 5.97 Å². The van der Waals surface area contributed by atoms with E-state index in [9.17, 15) is 22.4 Å². The molecule has 0 aliphatic carbocycles. The van der Waals surface area contributed by atoms with Gasteiger partial charge in [0.25, 0.3) is 0 Å². The molecule has 0 radical (unpaired) electrons. The molecule has 0 amide bonds. The molecule has 0 aromatic heterocycles. The van der Waals surface area contributed by atoms with Crippen LogP contribution in [0.5, 0.6) is 11.5 Å². The van der Waals surface area contributed by atoms with Crippen LogP contribution in [0.25, 0.3) is 28.3 Å². The molecule has 4 aromatic rings. The first-order valence-electron chi connectivity index (χ1n) is 11.0. The quantitative estimate of drug-likeness (QED) is 0.150. The van der Waals surface area contributed by atoms with Crippen molar-refractivity contribution in [2.45, 2.75) is 6.92 Å². The van der Waals surface area contributed by atoms with E-state index in [4.69, 9.17) is 9.47 Å². The van der Waals surface area contributed by atoms with Gasteiger partial charge in [0.2, 0.25) is 11.6 Å². The van der Waals surface area contributed by atoms with E-state index < -0.39 is 35.0 Å². The number of esters is 1. The molecule has 0 saturated carbocycles. The molecule has 0 atom stereocenters. The lowest BCUT2D eigenvalue weighted by Gasteiger charge is -2.11. The van der Waals surface area contributed by atoms with E-state index in [0.29, 0.717) is 11.1 Å². The predicted octanol–water partition coefficient (Wildman–Crippen LogP) is 7.84. The average molecular weight is 492 g/mol. The second-order valence-electron chi connectivity index (χ2n) is 7.70. The Bertz CT molecular complexity index is 1430. The molecule has 0 fully saturated rings. The lowest BCUT2D eigenvalue weighted by Crippen LogP contribution is -2.10. The van der Waals surface area contributed by atoms with Crippen molar-refractivity contribution in [3.63, 3.8) is 0 Å². The minimum absolute atomic E-state index is 0.00876. The first kappa shape index (κ1) is 24.7. The Labute approximate surface area is 205 Å². The van der Waals surface area contributed by atoms with Crippen molar-refractivity contribution in [3.8, 4) is 33.8 Å². The Kier molecular flexibility index (Phi) is 7.20. The van der Waals surface area contributed by atoms with Crippen LogP contribution in [0.15, 0.2) is 79.4 Å². The Morgan fingerprint density at radius 2 is 1.22 bits per heavy atom. The minimum Gasteiger partial charge on any atom is -0.491 e. The summed E-state index contributed by atoms with van der Waals surface area (Å²) in [6.07, 6.45) is 1.63. The SMILES string of the molecule is C=Cc1ccc(-c2ccc(OC(=O)c3ccc(-c4ccc(OCC)c(F)c4F)cc3)c(F)c2F)cc1. The third-order valence-corrected chi connectivity index (χ3v) is 5.49. The highest BCUT2D eigenvalue weighted by atomic mass is 19.2. The lowest BCUT2D eigenvalue weighted by atomic mass is 10.0. The first-order valence-corrected chi connectivity index (χ1v) is 11.0. The van der Waals surface area contributed by atoms with Gasteiger partial charge in [0.15, 0.2) is 23.1 Å². The molecule has 36 heavy (non-hydrogen) atoms. The number of carbonyl (C=O) groups excluding carboxylic acids is 1. The van der Waals surface area contributed by atoms with Crippen LogP contribution in [-0.4, -0.2) is 12.6 Å². The average Bonchev–Trinajstić information content (AvgIpc) is 2.90. The summed E-state index contributed by atoms with van der Waals surface area (Å²) in [5, 5.41) is 0. The standard InChI is InChI=1S/C29H20F4O3/c1-3-17-5-7-18(8-6-17)22-14-16-24(28(33)26(22)31)36-29(34)20-11-9-19(10-12-20)21-13-15-23(35-4-2)27(32)25(21)30/h3,5-16H,1,4H2,2H3. The first-order chi connectivity index (χ1) is 17.3. The van der Waals surface area contributed by atoms with Crippen molar-refractivity contribution < 1.29 is 31.8 Å². The largest absolute Gasteiger partial charge is 0.491 e. The third kappa shape index (κ3) is 4.86. The number of hydrogen-bond acceptors (Lipinski definition) is 3. The number of benzene rings is 4. The van der Waals surface area contributed by atoms with Gasteiger partial charge in [-0.2, -0.15) is 8.78 Å². The van der Waals surface area contributed by atoms with Gasteiger partial charge in [0.05, 0.1) is 12.2 Å². The Balaban J connectivity index is 1.53. The number of rotatable bonds is 7. The summed E-state index contributed by atoms with van der Waals surface area (Å²) >= 11 is 0. The fraction of sp³-hybridized carbons (Fsp3) is 0.0690. The van der Waals surface area contributed by atoms with Crippen LogP contribution in [0.2, 0.25) is 0 Å². The molecule has 0 bridgehead atoms. The number of halogens is 4. The molecule has 0 spiro atoms. The van der Waals surface area contributed by atoms with Gasteiger partial charge < -0.3 is 9.47 Å². The second-order valence-corrected chi connectivity index (χ2v) is 7.70. The van der Waals surface area contributed by atoms with Crippen LogP contribution in [0.3, 0.4) is 0 Å². The third-order valence-electron chi connectivity index (χ3n) is 5.49. The van der Waals surface area contributed by atoms with Crippen molar-refractivity contribution in [1.29, 1.82) is 0 Å². The lowest BCUT2D eigenvalue weighted by molar-refractivity contribution is 0.0727. The molecule has 182 valence electrons. The smallest absolute Gasteiger partial charge is 0.343 e. The van der Waals surface area contributed by atoms with Crippen molar-refractivity contribution in [2.24, 2.45) is 0 Å². The monoisotopic (exact) mass is 492 g/mol. The van der Waals surface area contributed by atoms with E-state index in [-0.39, 0.29) is 29.0 Å². The Hall–Kier alpha value is -4.39. The molecule has 0 N–H and O–H groups in total. The van der Waals surface area contributed by atoms with Crippen LogP contribution >= 0.6 is 0 Å². The Morgan fingerprint density at radius 3 is 1.75 bits per heavy atom. The summed E-state index contributed by atoms with van der Waals surface area (Å²) in [5.41, 5.74) is 1.57. The van der Waals surface area contributed by atoms with Gasteiger partial charge in [-0.15, -0.1) is 0 Å². The molecular weight excluding hydrogens is 472 g/mol. The van der Waals surface area contributed by atoms with Crippen LogP contribution < -0.4 is 9.47 Å². The van der Waals surface area contributed by atoms with Gasteiger partial charge in [-0.25, -0.2) is 13.6 Å². The molecule has 0 unspecified atom stereocenters. The highest BCUT2D eigenvalue weighted by molar-refractivity contribution is 5.91. The predicted molar refractivity (Wildman–Crippen MR) is 130 cm³/mol. The zero-order valence-corrected chi connectivity index (χ0v) is 19.2. The van der Waals surface area contributed by atoms with Crippen molar-refractivity contribution in [2.75, 3.05) is 6.61 Å². The molecule has 0 saturated heterocycles. The number of carbonyl (C=O) groups is 1. The van der Waals surface area contributed by atoms with Crippen LogP contribution in [0, 0.1) is 23.3 Å². The molecule has 0 aliphatic heterocycles. The summed E-state index contributed by atoms with van der Waals surface area (Å²) in [4.78, 5) is 12.5. The van der Waals surface area contributed by atoms with Crippen molar-refractivity contribution in [1.82, 2.24) is 0 Å². The summed E-state index contributed by atoms with van der Waals surface area (Å²) in [7, 11) is 0. The molecule has 0 heterocycles. The molecule has 4 rings (SSSR count). The topological polar surface area (TPSA) is 35.5 Å². The van der Waals surface area contributed by atoms with Gasteiger partial charge in [-0.3, -0.25) is 0 Å². The Morgan fingerprint density at radius 1 is 0.722 bits per heavy atom. The zero-order chi connectivity index (χ0) is 25.8. The zero-order valence-electron chi connectivity index (χ0n) is 19.2. The highest BCUT2D eigenvalue weighted by Crippen LogP contribution is 2.32. The second kappa shape index (κ2) is 10.5. The molecular formula is C29H20F4O3. The summed E-state index contributed by atoms with van der Waals surface area (Å²) in [5.74, 6) is -6.39. The van der Waals surface area contributed by atoms with Gasteiger partial charge in [-0.1, -0.05) is 49.1 Å². The van der Waals surface area contributed by atoms with Crippen LogP contribution in [-0.2, 0) is 0 Å². The summed E-state index contributed by atoms with van der Waals surface area (Å²) < 4.78 is 68.1. The van der Waals surface area contributed by atoms with E-state index in [2.05, 4.69) is 6.58 Å². The normalized spacial score (nSPS) is 10.7.